The summed E-state index contributed by atoms with van der Waals surface area (Å²) < 4.78 is 0. The summed E-state index contributed by atoms with van der Waals surface area (Å²) in [4.78, 5) is 15.0. The van der Waals surface area contributed by atoms with E-state index in [4.69, 9.17) is 11.6 Å². The predicted molar refractivity (Wildman–Crippen MR) is 57.6 cm³/mol. The largest absolute Gasteiger partial charge is 0.310 e. The first kappa shape index (κ1) is 11.0. The van der Waals surface area contributed by atoms with E-state index in [1.54, 1.807) is 12.3 Å². The third-order valence-electron chi connectivity index (χ3n) is 1.75. The smallest absolute Gasteiger partial charge is 0.240 e. The Bertz CT molecular complexity index is 297. The second kappa shape index (κ2) is 5.60. The zero-order chi connectivity index (χ0) is 10.4. The van der Waals surface area contributed by atoms with Crippen LogP contribution in [0, 0.1) is 0 Å². The summed E-state index contributed by atoms with van der Waals surface area (Å²) in [5.74, 6) is 0.274. The van der Waals surface area contributed by atoms with Crippen molar-refractivity contribution in [3.05, 3.63) is 23.9 Å². The Morgan fingerprint density at radius 3 is 2.86 bits per heavy atom. The maximum atomic E-state index is 10.9. The summed E-state index contributed by atoms with van der Waals surface area (Å²) in [6.07, 6.45) is 3.87. The van der Waals surface area contributed by atoms with Gasteiger partial charge < -0.3 is 5.32 Å². The van der Waals surface area contributed by atoms with Crippen LogP contribution in [0.15, 0.2) is 18.3 Å². The van der Waals surface area contributed by atoms with E-state index in [9.17, 15) is 4.79 Å². The monoisotopic (exact) mass is 212 g/mol. The Kier molecular flexibility index (Phi) is 4.40. The van der Waals surface area contributed by atoms with Gasteiger partial charge in [-0.05, 0) is 18.1 Å². The van der Waals surface area contributed by atoms with Crippen LogP contribution >= 0.6 is 11.6 Å². The van der Waals surface area contributed by atoms with Crippen molar-refractivity contribution in [1.82, 2.24) is 4.98 Å². The summed E-state index contributed by atoms with van der Waals surface area (Å²) in [6, 6.07) is 3.75. The molecular formula is C10H13ClN2O. The quantitative estimate of drug-likeness (QED) is 0.778. The van der Waals surface area contributed by atoms with Crippen LogP contribution in [-0.2, 0) is 11.2 Å². The Morgan fingerprint density at radius 1 is 1.57 bits per heavy atom. The molecule has 1 aromatic rings. The van der Waals surface area contributed by atoms with Crippen molar-refractivity contribution >= 4 is 23.3 Å². The van der Waals surface area contributed by atoms with Crippen molar-refractivity contribution in [2.75, 3.05) is 11.2 Å². The fourth-order valence-electron chi connectivity index (χ4n) is 1.11. The number of aryl methyl sites for hydroxylation is 1. The highest BCUT2D eigenvalue weighted by atomic mass is 35.5. The zero-order valence-electron chi connectivity index (χ0n) is 8.09. The molecule has 0 aliphatic heterocycles. The number of anilines is 1. The van der Waals surface area contributed by atoms with Crippen molar-refractivity contribution in [3.63, 3.8) is 0 Å². The number of rotatable bonds is 4. The molecule has 76 valence electrons. The summed E-state index contributed by atoms with van der Waals surface area (Å²) >= 11 is 5.34. The molecule has 1 N–H and O–H groups in total. The number of carbonyl (C=O) groups is 1. The van der Waals surface area contributed by atoms with Gasteiger partial charge in [0.2, 0.25) is 5.91 Å². The highest BCUT2D eigenvalue weighted by Crippen LogP contribution is 2.06. The molecule has 1 aromatic heterocycles. The molecule has 0 saturated carbocycles. The minimum atomic E-state index is -0.234. The topological polar surface area (TPSA) is 42.0 Å². The number of hydrogen-bond acceptors (Lipinski definition) is 2. The lowest BCUT2D eigenvalue weighted by Crippen LogP contribution is -2.13. The van der Waals surface area contributed by atoms with Crippen LogP contribution in [0.25, 0.3) is 0 Å². The molecule has 1 rings (SSSR count). The van der Waals surface area contributed by atoms with Crippen LogP contribution < -0.4 is 5.32 Å². The van der Waals surface area contributed by atoms with E-state index in [1.807, 2.05) is 6.07 Å². The van der Waals surface area contributed by atoms with Gasteiger partial charge in [-0.15, -0.1) is 11.6 Å². The van der Waals surface area contributed by atoms with Crippen molar-refractivity contribution in [2.24, 2.45) is 0 Å². The number of aromatic nitrogens is 1. The Labute approximate surface area is 88.5 Å². The average Bonchev–Trinajstić information content (AvgIpc) is 2.21. The highest BCUT2D eigenvalue weighted by molar-refractivity contribution is 6.28. The SMILES string of the molecule is CCCc1ccc(NC(=O)CCl)nc1. The van der Waals surface area contributed by atoms with Crippen molar-refractivity contribution in [1.29, 1.82) is 0 Å². The maximum Gasteiger partial charge on any atom is 0.240 e. The van der Waals surface area contributed by atoms with Gasteiger partial charge in [0.25, 0.3) is 0 Å². The van der Waals surface area contributed by atoms with Crippen molar-refractivity contribution < 1.29 is 4.79 Å². The standard InChI is InChI=1S/C10H13ClN2O/c1-2-3-8-4-5-9(12-7-8)13-10(14)6-11/h4-5,7H,2-3,6H2,1H3,(H,12,13,14). The second-order valence-electron chi connectivity index (χ2n) is 2.98. The lowest BCUT2D eigenvalue weighted by atomic mass is 10.2. The maximum absolute atomic E-state index is 10.9. The van der Waals surface area contributed by atoms with Crippen LogP contribution in [0.1, 0.15) is 18.9 Å². The van der Waals surface area contributed by atoms with Crippen molar-refractivity contribution in [3.8, 4) is 0 Å². The molecule has 3 nitrogen and oxygen atoms in total. The van der Waals surface area contributed by atoms with Gasteiger partial charge in [0.05, 0.1) is 0 Å². The third kappa shape index (κ3) is 3.34. The number of nitrogens with one attached hydrogen (secondary N) is 1. The molecule has 0 aliphatic rings. The van der Waals surface area contributed by atoms with Gasteiger partial charge in [-0.1, -0.05) is 19.4 Å². The predicted octanol–water partition coefficient (Wildman–Crippen LogP) is 2.21. The van der Waals surface area contributed by atoms with Crippen LogP contribution in [0.4, 0.5) is 5.82 Å². The van der Waals surface area contributed by atoms with Crippen LogP contribution in [-0.4, -0.2) is 16.8 Å². The summed E-state index contributed by atoms with van der Waals surface area (Å²) in [5.41, 5.74) is 1.18. The molecule has 4 heteroatoms. The molecule has 1 heterocycles. The fourth-order valence-corrected chi connectivity index (χ4v) is 1.18. The van der Waals surface area contributed by atoms with E-state index in [2.05, 4.69) is 17.2 Å². The van der Waals surface area contributed by atoms with Crippen LogP contribution in [0.2, 0.25) is 0 Å². The normalized spacial score (nSPS) is 9.86. The lowest BCUT2D eigenvalue weighted by molar-refractivity contribution is -0.113. The van der Waals surface area contributed by atoms with Gasteiger partial charge in [-0.2, -0.15) is 0 Å². The Hall–Kier alpha value is -1.09. The molecule has 0 aliphatic carbocycles. The first-order valence-corrected chi connectivity index (χ1v) is 5.10. The molecule has 1 amide bonds. The molecule has 14 heavy (non-hydrogen) atoms. The van der Waals surface area contributed by atoms with Crippen molar-refractivity contribution in [2.45, 2.75) is 19.8 Å². The summed E-state index contributed by atoms with van der Waals surface area (Å²) in [6.45, 7) is 2.11. The molecule has 0 unspecified atom stereocenters. The molecule has 0 saturated heterocycles. The molecule has 0 radical (unpaired) electrons. The molecule has 0 atom stereocenters. The van der Waals surface area contributed by atoms with E-state index < -0.39 is 0 Å². The number of alkyl halides is 1. The van der Waals surface area contributed by atoms with Gasteiger partial charge in [0, 0.05) is 6.20 Å². The number of amides is 1. The van der Waals surface area contributed by atoms with Gasteiger partial charge >= 0.3 is 0 Å². The minimum absolute atomic E-state index is 0.0433. The molecule has 0 spiro atoms. The van der Waals surface area contributed by atoms with E-state index >= 15 is 0 Å². The van der Waals surface area contributed by atoms with Crippen LogP contribution in [0.3, 0.4) is 0 Å². The highest BCUT2D eigenvalue weighted by Gasteiger charge is 2.00. The van der Waals surface area contributed by atoms with E-state index in [1.165, 1.54) is 5.56 Å². The molecule has 0 fully saturated rings. The van der Waals surface area contributed by atoms with Crippen LogP contribution in [0.5, 0.6) is 0 Å². The van der Waals surface area contributed by atoms with E-state index in [-0.39, 0.29) is 11.8 Å². The molecular weight excluding hydrogens is 200 g/mol. The molecule has 0 aromatic carbocycles. The van der Waals surface area contributed by atoms with E-state index in [0.717, 1.165) is 12.8 Å². The number of hydrogen-bond donors (Lipinski definition) is 1. The number of nitrogens with zero attached hydrogens (tertiary/aromatic N) is 1. The number of pyridine rings is 1. The lowest BCUT2D eigenvalue weighted by Gasteiger charge is -2.02. The van der Waals surface area contributed by atoms with Gasteiger partial charge in [0.1, 0.15) is 11.7 Å². The number of halogens is 1. The summed E-state index contributed by atoms with van der Waals surface area (Å²) in [5, 5.41) is 2.58. The third-order valence-corrected chi connectivity index (χ3v) is 2.00. The molecule has 0 bridgehead atoms. The van der Waals surface area contributed by atoms with Gasteiger partial charge in [0.15, 0.2) is 0 Å². The Balaban J connectivity index is 2.59. The Morgan fingerprint density at radius 2 is 2.36 bits per heavy atom. The second-order valence-corrected chi connectivity index (χ2v) is 3.25. The average molecular weight is 213 g/mol. The van der Waals surface area contributed by atoms with E-state index in [0.29, 0.717) is 5.82 Å². The van der Waals surface area contributed by atoms with Gasteiger partial charge in [-0.25, -0.2) is 4.98 Å². The first-order valence-electron chi connectivity index (χ1n) is 4.57. The zero-order valence-corrected chi connectivity index (χ0v) is 8.84. The summed E-state index contributed by atoms with van der Waals surface area (Å²) in [7, 11) is 0. The number of carbonyl (C=O) groups excluding carboxylic acids is 1. The first-order chi connectivity index (χ1) is 6.76. The fraction of sp³-hybridized carbons (Fsp3) is 0.400. The van der Waals surface area contributed by atoms with Gasteiger partial charge in [-0.3, -0.25) is 4.79 Å². The minimum Gasteiger partial charge on any atom is -0.310 e.